The first kappa shape index (κ1) is 19.0. The number of nitrogens with one attached hydrogen (secondary N) is 2. The van der Waals surface area contributed by atoms with Crippen LogP contribution in [0.15, 0.2) is 29.1 Å². The molecule has 6 nitrogen and oxygen atoms in total. The molecule has 0 radical (unpaired) electrons. The molecule has 27 heavy (non-hydrogen) atoms. The van der Waals surface area contributed by atoms with Crippen molar-refractivity contribution in [3.05, 3.63) is 51.6 Å². The van der Waals surface area contributed by atoms with Gasteiger partial charge in [-0.1, -0.05) is 43.2 Å². The number of aromatic nitrogens is 2. The first-order valence-electron chi connectivity index (χ1n) is 9.65. The normalized spacial score (nSPS) is 13.3. The van der Waals surface area contributed by atoms with Crippen LogP contribution in [0.4, 0.5) is 5.82 Å². The third-order valence-electron chi connectivity index (χ3n) is 4.89. The Morgan fingerprint density at radius 3 is 2.81 bits per heavy atom. The fourth-order valence-corrected chi connectivity index (χ4v) is 3.45. The van der Waals surface area contributed by atoms with Crippen LogP contribution in [0.2, 0.25) is 0 Å². The molecule has 1 aliphatic rings. The molecule has 0 bridgehead atoms. The molecule has 1 aromatic carbocycles. The lowest BCUT2D eigenvalue weighted by Gasteiger charge is -2.29. The summed E-state index contributed by atoms with van der Waals surface area (Å²) in [6.45, 7) is 8.37. The summed E-state index contributed by atoms with van der Waals surface area (Å²) in [5.74, 6) is 0.668. The highest BCUT2D eigenvalue weighted by molar-refractivity contribution is 5.89. The number of amides is 1. The maximum Gasteiger partial charge on any atom is 0.328 e. The number of imidazole rings is 1. The van der Waals surface area contributed by atoms with E-state index in [9.17, 15) is 9.59 Å². The number of anilines is 1. The summed E-state index contributed by atoms with van der Waals surface area (Å²) in [7, 11) is 0. The van der Waals surface area contributed by atoms with Crippen molar-refractivity contribution in [2.24, 2.45) is 0 Å². The molecule has 2 aromatic rings. The summed E-state index contributed by atoms with van der Waals surface area (Å²) in [6, 6.07) is 8.37. The Balaban J connectivity index is 1.91. The lowest BCUT2D eigenvalue weighted by molar-refractivity contribution is -0.121. The molecular formula is C21H28N4O2. The summed E-state index contributed by atoms with van der Waals surface area (Å²) < 4.78 is 1.55. The quantitative estimate of drug-likeness (QED) is 0.739. The van der Waals surface area contributed by atoms with Crippen LogP contribution >= 0.6 is 0 Å². The minimum Gasteiger partial charge on any atom is -0.355 e. The van der Waals surface area contributed by atoms with E-state index in [2.05, 4.69) is 54.2 Å². The number of H-pyrrole nitrogens is 1. The molecule has 0 spiro atoms. The Hall–Kier alpha value is -2.76. The molecule has 0 saturated carbocycles. The van der Waals surface area contributed by atoms with Crippen LogP contribution in [-0.4, -0.2) is 35.1 Å². The van der Waals surface area contributed by atoms with Crippen molar-refractivity contribution in [2.45, 2.75) is 40.2 Å². The van der Waals surface area contributed by atoms with E-state index < -0.39 is 0 Å². The third-order valence-corrected chi connectivity index (χ3v) is 4.89. The predicted molar refractivity (Wildman–Crippen MR) is 110 cm³/mol. The highest BCUT2D eigenvalue weighted by Gasteiger charge is 2.25. The fraction of sp³-hybridized carbons (Fsp3) is 0.429. The predicted octanol–water partition coefficient (Wildman–Crippen LogP) is 2.78. The number of hydrogen-bond acceptors (Lipinski definition) is 3. The molecule has 0 unspecified atom stereocenters. The number of unbranched alkanes of at least 4 members (excludes halogenated alkanes) is 1. The van der Waals surface area contributed by atoms with Gasteiger partial charge in [0.05, 0.1) is 5.69 Å². The van der Waals surface area contributed by atoms with Crippen molar-refractivity contribution in [1.29, 1.82) is 0 Å². The van der Waals surface area contributed by atoms with Crippen molar-refractivity contribution < 1.29 is 4.79 Å². The van der Waals surface area contributed by atoms with Crippen LogP contribution in [-0.2, 0) is 11.3 Å². The van der Waals surface area contributed by atoms with Crippen LogP contribution in [0, 0.1) is 6.92 Å². The second kappa shape index (κ2) is 8.29. The zero-order valence-electron chi connectivity index (χ0n) is 16.3. The smallest absolute Gasteiger partial charge is 0.328 e. The molecule has 2 N–H and O–H groups in total. The molecule has 2 heterocycles. The SMILES string of the molecule is CCCCNC(=O)Cn1c2c([nH]c1=O)C=C(c1cccc(C)c1)CN2CC. The number of benzene rings is 1. The first-order chi connectivity index (χ1) is 13.0. The second-order valence-electron chi connectivity index (χ2n) is 7.01. The number of carbonyl (C=O) groups is 1. The van der Waals surface area contributed by atoms with Crippen LogP contribution in [0.1, 0.15) is 43.5 Å². The number of nitrogens with zero attached hydrogens (tertiary/aromatic N) is 2. The maximum absolute atomic E-state index is 12.5. The van der Waals surface area contributed by atoms with E-state index in [1.807, 2.05) is 12.1 Å². The van der Waals surface area contributed by atoms with Crippen molar-refractivity contribution >= 4 is 23.4 Å². The molecule has 1 aliphatic heterocycles. The Kier molecular flexibility index (Phi) is 5.84. The Morgan fingerprint density at radius 2 is 2.11 bits per heavy atom. The number of rotatable bonds is 7. The van der Waals surface area contributed by atoms with E-state index in [0.717, 1.165) is 42.0 Å². The number of likely N-dealkylation sites (N-methyl/N-ethyl adjacent to an activating group) is 1. The van der Waals surface area contributed by atoms with Crippen molar-refractivity contribution in [3.8, 4) is 0 Å². The van der Waals surface area contributed by atoms with Gasteiger partial charge >= 0.3 is 5.69 Å². The topological polar surface area (TPSA) is 70.1 Å². The maximum atomic E-state index is 12.5. The molecule has 6 heteroatoms. The molecule has 144 valence electrons. The molecular weight excluding hydrogens is 340 g/mol. The van der Waals surface area contributed by atoms with Gasteiger partial charge in [0.25, 0.3) is 0 Å². The van der Waals surface area contributed by atoms with Gasteiger partial charge in [-0.2, -0.15) is 0 Å². The minimum atomic E-state index is -0.245. The second-order valence-corrected chi connectivity index (χ2v) is 7.01. The van der Waals surface area contributed by atoms with Gasteiger partial charge in [0.1, 0.15) is 12.4 Å². The Morgan fingerprint density at radius 1 is 1.30 bits per heavy atom. The standard InChI is InChI=1S/C21H28N4O2/c1-4-6-10-22-19(26)14-25-20-18(23-21(25)27)12-17(13-24(20)5-2)16-9-7-8-15(3)11-16/h7-9,11-12H,4-6,10,13-14H2,1-3H3,(H,22,26)(H,23,27). The van der Waals surface area contributed by atoms with Crippen LogP contribution in [0.3, 0.4) is 0 Å². The van der Waals surface area contributed by atoms with E-state index in [1.165, 1.54) is 5.56 Å². The summed E-state index contributed by atoms with van der Waals surface area (Å²) in [6.07, 6.45) is 3.99. The number of carbonyl (C=O) groups excluding carboxylic acids is 1. The molecule has 0 atom stereocenters. The zero-order chi connectivity index (χ0) is 19.4. The molecule has 0 fully saturated rings. The lowest BCUT2D eigenvalue weighted by atomic mass is 10.00. The average Bonchev–Trinajstić information content (AvgIpc) is 2.96. The number of aryl methyl sites for hydroxylation is 1. The van der Waals surface area contributed by atoms with Gasteiger partial charge in [0, 0.05) is 19.6 Å². The third kappa shape index (κ3) is 4.15. The summed E-state index contributed by atoms with van der Waals surface area (Å²) in [5, 5.41) is 2.88. The Labute approximate surface area is 159 Å². The highest BCUT2D eigenvalue weighted by atomic mass is 16.2. The van der Waals surface area contributed by atoms with Gasteiger partial charge in [-0.15, -0.1) is 0 Å². The fourth-order valence-electron chi connectivity index (χ4n) is 3.45. The van der Waals surface area contributed by atoms with Gasteiger partial charge in [-0.25, -0.2) is 4.79 Å². The summed E-state index contributed by atoms with van der Waals surface area (Å²) in [5.41, 5.74) is 4.05. The first-order valence-corrected chi connectivity index (χ1v) is 9.65. The van der Waals surface area contributed by atoms with Gasteiger partial charge in [-0.05, 0) is 37.5 Å². The average molecular weight is 368 g/mol. The highest BCUT2D eigenvalue weighted by Crippen LogP contribution is 2.31. The van der Waals surface area contributed by atoms with Crippen molar-refractivity contribution in [2.75, 3.05) is 24.5 Å². The van der Waals surface area contributed by atoms with Gasteiger partial charge in [0.15, 0.2) is 0 Å². The molecule has 1 aromatic heterocycles. The van der Waals surface area contributed by atoms with Gasteiger partial charge in [-0.3, -0.25) is 9.36 Å². The van der Waals surface area contributed by atoms with Crippen molar-refractivity contribution in [3.63, 3.8) is 0 Å². The van der Waals surface area contributed by atoms with Crippen LogP contribution < -0.4 is 15.9 Å². The molecule has 0 aliphatic carbocycles. The number of aromatic amines is 1. The minimum absolute atomic E-state index is 0.0402. The molecule has 1 amide bonds. The Bertz CT molecular complexity index is 907. The van der Waals surface area contributed by atoms with Crippen molar-refractivity contribution in [1.82, 2.24) is 14.9 Å². The van der Waals surface area contributed by atoms with Gasteiger partial charge in [0.2, 0.25) is 5.91 Å². The van der Waals surface area contributed by atoms with E-state index in [1.54, 1.807) is 4.57 Å². The van der Waals surface area contributed by atoms with E-state index in [0.29, 0.717) is 13.1 Å². The van der Waals surface area contributed by atoms with Gasteiger partial charge < -0.3 is 15.2 Å². The van der Waals surface area contributed by atoms with Crippen LogP contribution in [0.25, 0.3) is 11.6 Å². The van der Waals surface area contributed by atoms with E-state index in [-0.39, 0.29) is 18.1 Å². The van der Waals surface area contributed by atoms with E-state index >= 15 is 0 Å². The number of hydrogen-bond donors (Lipinski definition) is 2. The van der Waals surface area contributed by atoms with E-state index in [4.69, 9.17) is 0 Å². The summed E-state index contributed by atoms with van der Waals surface area (Å²) in [4.78, 5) is 29.8. The lowest BCUT2D eigenvalue weighted by Crippen LogP contribution is -2.36. The molecule has 0 saturated heterocycles. The number of fused-ring (bicyclic) bond motifs is 1. The zero-order valence-corrected chi connectivity index (χ0v) is 16.3. The summed E-state index contributed by atoms with van der Waals surface area (Å²) >= 11 is 0. The monoisotopic (exact) mass is 368 g/mol. The van der Waals surface area contributed by atoms with Crippen LogP contribution in [0.5, 0.6) is 0 Å². The molecule has 3 rings (SSSR count). The largest absolute Gasteiger partial charge is 0.355 e.